The summed E-state index contributed by atoms with van der Waals surface area (Å²) < 4.78 is 0.875. The van der Waals surface area contributed by atoms with Crippen LogP contribution in [-0.4, -0.2) is 29.1 Å². The molecule has 0 radical (unpaired) electrons. The molecule has 0 bridgehead atoms. The van der Waals surface area contributed by atoms with Crippen LogP contribution < -0.4 is 0 Å². The van der Waals surface area contributed by atoms with Gasteiger partial charge >= 0.3 is 0 Å². The van der Waals surface area contributed by atoms with Gasteiger partial charge in [0.15, 0.2) is 0 Å². The predicted octanol–water partition coefficient (Wildman–Crippen LogP) is 3.18. The number of hydrogen-bond acceptors (Lipinski definition) is 3. The van der Waals surface area contributed by atoms with E-state index < -0.39 is 0 Å². The van der Waals surface area contributed by atoms with E-state index in [0.29, 0.717) is 12.0 Å². The Morgan fingerprint density at radius 1 is 1.15 bits per heavy atom. The van der Waals surface area contributed by atoms with Gasteiger partial charge in [-0.3, -0.25) is 4.99 Å². The van der Waals surface area contributed by atoms with Crippen LogP contribution in [0.2, 0.25) is 0 Å². The number of halogens is 1. The summed E-state index contributed by atoms with van der Waals surface area (Å²) in [5, 5.41) is 19.1. The maximum atomic E-state index is 9.74. The summed E-state index contributed by atoms with van der Waals surface area (Å²) in [6, 6.07) is 14.9. The van der Waals surface area contributed by atoms with Crippen molar-refractivity contribution in [2.45, 2.75) is 12.5 Å². The Morgan fingerprint density at radius 3 is 2.60 bits per heavy atom. The van der Waals surface area contributed by atoms with E-state index in [1.165, 1.54) is 0 Å². The Hall–Kier alpha value is -1.65. The molecule has 0 unspecified atom stereocenters. The van der Waals surface area contributed by atoms with Crippen molar-refractivity contribution in [3.8, 4) is 5.75 Å². The number of hydrogen-bond donors (Lipinski definition) is 2. The van der Waals surface area contributed by atoms with Crippen LogP contribution >= 0.6 is 15.9 Å². The molecule has 2 N–H and O–H groups in total. The molecule has 2 aromatic rings. The second-order valence-electron chi connectivity index (χ2n) is 4.51. The third kappa shape index (κ3) is 4.18. The van der Waals surface area contributed by atoms with Gasteiger partial charge < -0.3 is 10.2 Å². The number of phenolic OH excluding ortho intramolecular Hbond substituents is 1. The normalized spacial score (nSPS) is 12.7. The summed E-state index contributed by atoms with van der Waals surface area (Å²) in [4.78, 5) is 4.35. The summed E-state index contributed by atoms with van der Waals surface area (Å²) in [7, 11) is 0. The number of rotatable bonds is 5. The van der Waals surface area contributed by atoms with Crippen LogP contribution in [0.15, 0.2) is 58.0 Å². The van der Waals surface area contributed by atoms with Crippen LogP contribution in [0.3, 0.4) is 0 Å². The van der Waals surface area contributed by atoms with E-state index in [0.717, 1.165) is 10.0 Å². The van der Waals surface area contributed by atoms with Crippen LogP contribution in [0, 0.1) is 0 Å². The molecular weight excluding hydrogens is 318 g/mol. The molecule has 104 valence electrons. The molecule has 0 heterocycles. The van der Waals surface area contributed by atoms with E-state index in [9.17, 15) is 10.2 Å². The van der Waals surface area contributed by atoms with Gasteiger partial charge in [0.1, 0.15) is 5.75 Å². The molecule has 2 aromatic carbocycles. The summed E-state index contributed by atoms with van der Waals surface area (Å²) in [6.45, 7) is -0.0276. The zero-order valence-corrected chi connectivity index (χ0v) is 12.5. The Morgan fingerprint density at radius 2 is 1.90 bits per heavy atom. The molecule has 2 rings (SSSR count). The Balaban J connectivity index is 2.09. The number of benzene rings is 2. The molecule has 0 amide bonds. The van der Waals surface area contributed by atoms with Gasteiger partial charge in [-0.25, -0.2) is 0 Å². The number of aliphatic hydroxyl groups is 1. The van der Waals surface area contributed by atoms with Crippen molar-refractivity contribution in [3.05, 3.63) is 64.1 Å². The molecule has 0 aliphatic heterocycles. The molecule has 1 atom stereocenters. The summed E-state index contributed by atoms with van der Waals surface area (Å²) in [5.74, 6) is 0.174. The summed E-state index contributed by atoms with van der Waals surface area (Å²) in [6.07, 6.45) is 2.27. The summed E-state index contributed by atoms with van der Waals surface area (Å²) in [5.41, 5.74) is 1.76. The molecule has 0 aliphatic rings. The molecule has 20 heavy (non-hydrogen) atoms. The fourth-order valence-electron chi connectivity index (χ4n) is 1.87. The predicted molar refractivity (Wildman–Crippen MR) is 84.4 cm³/mol. The molecular formula is C16H16BrNO2. The van der Waals surface area contributed by atoms with E-state index in [4.69, 9.17) is 0 Å². The van der Waals surface area contributed by atoms with Gasteiger partial charge in [0.25, 0.3) is 0 Å². The van der Waals surface area contributed by atoms with E-state index in [1.54, 1.807) is 24.4 Å². The largest absolute Gasteiger partial charge is 0.507 e. The molecule has 3 nitrogen and oxygen atoms in total. The highest BCUT2D eigenvalue weighted by atomic mass is 79.9. The standard InChI is InChI=1S/C16H16BrNO2/c17-14-6-7-16(20)13(9-14)10-18-15(11-19)8-12-4-2-1-3-5-12/h1-7,9-10,15,19-20H,8,11H2/t15-/m1/s1. The summed E-state index contributed by atoms with van der Waals surface area (Å²) >= 11 is 3.35. The number of nitrogens with zero attached hydrogens (tertiary/aromatic N) is 1. The van der Waals surface area contributed by atoms with Crippen molar-refractivity contribution in [1.82, 2.24) is 0 Å². The van der Waals surface area contributed by atoms with Crippen LogP contribution in [-0.2, 0) is 6.42 Å². The average molecular weight is 334 g/mol. The number of aliphatic hydroxyl groups excluding tert-OH is 1. The Kier molecular flexibility index (Phi) is 5.32. The monoisotopic (exact) mass is 333 g/mol. The number of aliphatic imine (C=N–C) groups is 1. The molecule has 0 aliphatic carbocycles. The minimum atomic E-state index is -0.212. The van der Waals surface area contributed by atoms with Crippen molar-refractivity contribution in [3.63, 3.8) is 0 Å². The highest BCUT2D eigenvalue weighted by molar-refractivity contribution is 9.10. The lowest BCUT2D eigenvalue weighted by Gasteiger charge is -2.09. The smallest absolute Gasteiger partial charge is 0.124 e. The number of phenols is 1. The maximum Gasteiger partial charge on any atom is 0.124 e. The zero-order valence-electron chi connectivity index (χ0n) is 10.9. The zero-order chi connectivity index (χ0) is 14.4. The first kappa shape index (κ1) is 14.8. The molecule has 0 saturated carbocycles. The van der Waals surface area contributed by atoms with E-state index >= 15 is 0 Å². The van der Waals surface area contributed by atoms with E-state index in [-0.39, 0.29) is 18.4 Å². The molecule has 0 saturated heterocycles. The number of aromatic hydroxyl groups is 1. The van der Waals surface area contributed by atoms with Gasteiger partial charge in [-0.1, -0.05) is 46.3 Å². The minimum Gasteiger partial charge on any atom is -0.507 e. The third-order valence-electron chi connectivity index (χ3n) is 2.94. The Bertz CT molecular complexity index is 584. The maximum absolute atomic E-state index is 9.74. The van der Waals surface area contributed by atoms with Crippen molar-refractivity contribution in [1.29, 1.82) is 0 Å². The second kappa shape index (κ2) is 7.22. The van der Waals surface area contributed by atoms with Crippen LogP contribution in [0.4, 0.5) is 0 Å². The van der Waals surface area contributed by atoms with Crippen LogP contribution in [0.5, 0.6) is 5.75 Å². The quantitative estimate of drug-likeness (QED) is 0.825. The molecule has 0 spiro atoms. The minimum absolute atomic E-state index is 0.0276. The first-order valence-electron chi connectivity index (χ1n) is 6.35. The Labute approximate surface area is 126 Å². The fraction of sp³-hybridized carbons (Fsp3) is 0.188. The lowest BCUT2D eigenvalue weighted by Crippen LogP contribution is -2.14. The second-order valence-corrected chi connectivity index (χ2v) is 5.42. The molecule has 0 fully saturated rings. The van der Waals surface area contributed by atoms with Crippen LogP contribution in [0.25, 0.3) is 0 Å². The topological polar surface area (TPSA) is 52.8 Å². The first-order valence-corrected chi connectivity index (χ1v) is 7.15. The van der Waals surface area contributed by atoms with Crippen LogP contribution in [0.1, 0.15) is 11.1 Å². The van der Waals surface area contributed by atoms with Crippen molar-refractivity contribution < 1.29 is 10.2 Å². The highest BCUT2D eigenvalue weighted by Gasteiger charge is 2.06. The van der Waals surface area contributed by atoms with Gasteiger partial charge in [0, 0.05) is 16.3 Å². The fourth-order valence-corrected chi connectivity index (χ4v) is 2.24. The van der Waals surface area contributed by atoms with Crippen molar-refractivity contribution in [2.75, 3.05) is 6.61 Å². The SMILES string of the molecule is OC[C@@H](Cc1ccccc1)N=Cc1cc(Br)ccc1O. The van der Waals surface area contributed by atoms with E-state index in [2.05, 4.69) is 20.9 Å². The van der Waals surface area contributed by atoms with Gasteiger partial charge in [-0.2, -0.15) is 0 Å². The van der Waals surface area contributed by atoms with Crippen molar-refractivity contribution >= 4 is 22.1 Å². The van der Waals surface area contributed by atoms with E-state index in [1.807, 2.05) is 30.3 Å². The first-order chi connectivity index (χ1) is 9.69. The van der Waals surface area contributed by atoms with Crippen molar-refractivity contribution in [2.24, 2.45) is 4.99 Å². The van der Waals surface area contributed by atoms with Gasteiger partial charge in [0.2, 0.25) is 0 Å². The van der Waals surface area contributed by atoms with Gasteiger partial charge in [-0.15, -0.1) is 0 Å². The molecule has 4 heteroatoms. The van der Waals surface area contributed by atoms with Gasteiger partial charge in [-0.05, 0) is 30.2 Å². The van der Waals surface area contributed by atoms with Gasteiger partial charge in [0.05, 0.1) is 12.6 Å². The lowest BCUT2D eigenvalue weighted by molar-refractivity contribution is 0.266. The lowest BCUT2D eigenvalue weighted by atomic mass is 10.1. The highest BCUT2D eigenvalue weighted by Crippen LogP contribution is 2.20. The molecule has 0 aromatic heterocycles. The average Bonchev–Trinajstić information content (AvgIpc) is 2.47. The third-order valence-corrected chi connectivity index (χ3v) is 3.43.